The summed E-state index contributed by atoms with van der Waals surface area (Å²) in [5.74, 6) is -1.81. The van der Waals surface area contributed by atoms with E-state index in [0.717, 1.165) is 32.1 Å². The maximum Gasteiger partial charge on any atom is 0.423 e. The molecule has 5 heterocycles. The van der Waals surface area contributed by atoms with Gasteiger partial charge in [-0.1, -0.05) is 211 Å². The molecule has 6 aromatic rings. The number of nitrogens with zero attached hydrogens (tertiary/aromatic N) is 1. The summed E-state index contributed by atoms with van der Waals surface area (Å²) in [5.41, 5.74) is 4.68. The molecule has 103 heavy (non-hydrogen) atoms. The number of methoxy groups -OCH3 is 1. The molecule has 0 bridgehead atoms. The van der Waals surface area contributed by atoms with Crippen LogP contribution in [0.15, 0.2) is 187 Å². The van der Waals surface area contributed by atoms with Crippen molar-refractivity contribution >= 4 is 22.1 Å². The molecule has 556 valence electrons. The van der Waals surface area contributed by atoms with Gasteiger partial charge in [0.25, 0.3) is 10.0 Å². The number of sulfonamides is 1. The van der Waals surface area contributed by atoms with Crippen LogP contribution in [-0.4, -0.2) is 157 Å². The van der Waals surface area contributed by atoms with Gasteiger partial charge in [0.05, 0.1) is 95.3 Å². The molecule has 0 spiro atoms. The van der Waals surface area contributed by atoms with E-state index in [1.54, 1.807) is 18.2 Å². The van der Waals surface area contributed by atoms with Crippen LogP contribution in [0.4, 0.5) is 4.79 Å². The second-order valence-electron chi connectivity index (χ2n) is 28.3. The summed E-state index contributed by atoms with van der Waals surface area (Å²) in [4.78, 5) is 26.7. The molecule has 1 amide bonds. The number of benzene rings is 6. The zero-order valence-electron chi connectivity index (χ0n) is 60.1. The fourth-order valence-electron chi connectivity index (χ4n) is 14.9. The average molecular weight is 1440 g/mol. The number of hydrogen-bond acceptors (Lipinski definition) is 20. The highest BCUT2D eigenvalue weighted by Crippen LogP contribution is 2.45. The van der Waals surface area contributed by atoms with Crippen LogP contribution in [0.5, 0.6) is 0 Å². The Morgan fingerprint density at radius 2 is 0.845 bits per heavy atom. The Kier molecular flexibility index (Phi) is 26.7. The first-order valence-corrected chi connectivity index (χ1v) is 37.9. The highest BCUT2D eigenvalue weighted by Gasteiger charge is 2.58. The van der Waals surface area contributed by atoms with Gasteiger partial charge in [0.15, 0.2) is 37.6 Å². The van der Waals surface area contributed by atoms with Crippen LogP contribution in [0, 0.1) is 35.5 Å². The van der Waals surface area contributed by atoms with Gasteiger partial charge in [0, 0.05) is 18.4 Å². The van der Waals surface area contributed by atoms with Crippen molar-refractivity contribution in [1.82, 2.24) is 4.31 Å². The second-order valence-corrected chi connectivity index (χ2v) is 30.1. The number of hydrogen-bond donors (Lipinski definition) is 0. The largest absolute Gasteiger partial charge is 0.457 e. The minimum atomic E-state index is -4.30. The molecule has 12 rings (SSSR count). The fourth-order valence-corrected chi connectivity index (χ4v) is 16.5. The zero-order chi connectivity index (χ0) is 72.0. The van der Waals surface area contributed by atoms with E-state index in [9.17, 15) is 18.0 Å². The van der Waals surface area contributed by atoms with Crippen LogP contribution in [0.25, 0.3) is 0 Å². The lowest BCUT2D eigenvalue weighted by molar-refractivity contribution is -0.410. The Bertz CT molecular complexity index is 3660. The topological polar surface area (TPSA) is 219 Å². The maximum atomic E-state index is 14.2. The SMILES string of the molecule is COC(=O)N(C1CCC(O[C@@H]2OC3COC(c4ccccc4)O[C@H]3C(O[C@H]3O[C@@H](COCc4ccccc4)[C@@H](C)C(C)C3O[C@H]3O[C@@H](COCc4ccccc4)[C@@H](C)C(C)C3O[C@H]3O[C@@H](COCc4ccccc4)[C@@H](C)C(C)C3OC(C)=O)[C@H]2OCc2ccccc2)CC1)S(=O)(=O)c1ccccc1. The van der Waals surface area contributed by atoms with Crippen molar-refractivity contribution in [3.63, 3.8) is 0 Å². The molecule has 0 radical (unpaired) electrons. The molecule has 6 aliphatic rings. The predicted octanol–water partition coefficient (Wildman–Crippen LogP) is 12.9. The van der Waals surface area contributed by atoms with Crippen molar-refractivity contribution in [2.75, 3.05) is 33.5 Å². The first kappa shape index (κ1) is 76.1. The Morgan fingerprint density at radius 1 is 0.447 bits per heavy atom. The molecule has 21 atom stereocenters. The Hall–Kier alpha value is -6.55. The first-order valence-electron chi connectivity index (χ1n) is 36.4. The minimum absolute atomic E-state index is 0.0243. The normalized spacial score (nSPS) is 33.3. The summed E-state index contributed by atoms with van der Waals surface area (Å²) in [6.07, 6.45) is -13.6. The van der Waals surface area contributed by atoms with Gasteiger partial charge < -0.3 is 75.8 Å². The third-order valence-corrected chi connectivity index (χ3v) is 23.3. The molecular weight excluding hydrogens is 1340 g/mol. The quantitative estimate of drug-likeness (QED) is 0.0417. The number of ether oxygens (including phenoxy) is 16. The number of amides is 1. The highest BCUT2D eigenvalue weighted by molar-refractivity contribution is 7.89. The van der Waals surface area contributed by atoms with E-state index in [1.807, 2.05) is 159 Å². The van der Waals surface area contributed by atoms with Gasteiger partial charge in [-0.25, -0.2) is 13.2 Å². The minimum Gasteiger partial charge on any atom is -0.457 e. The van der Waals surface area contributed by atoms with E-state index in [-0.39, 0.29) is 86.3 Å². The Morgan fingerprint density at radius 3 is 1.29 bits per heavy atom. The third-order valence-electron chi connectivity index (χ3n) is 21.5. The summed E-state index contributed by atoms with van der Waals surface area (Å²) >= 11 is 0. The van der Waals surface area contributed by atoms with E-state index in [1.165, 1.54) is 26.2 Å². The van der Waals surface area contributed by atoms with Gasteiger partial charge >= 0.3 is 12.1 Å². The van der Waals surface area contributed by atoms with Crippen molar-refractivity contribution in [2.24, 2.45) is 35.5 Å². The molecule has 5 saturated heterocycles. The van der Waals surface area contributed by atoms with E-state index in [2.05, 4.69) is 34.6 Å². The van der Waals surface area contributed by atoms with Crippen molar-refractivity contribution in [1.29, 1.82) is 0 Å². The van der Waals surface area contributed by atoms with Crippen molar-refractivity contribution in [3.05, 3.63) is 210 Å². The smallest absolute Gasteiger partial charge is 0.423 e. The van der Waals surface area contributed by atoms with E-state index in [0.29, 0.717) is 32.7 Å². The van der Waals surface area contributed by atoms with E-state index < -0.39 is 127 Å². The van der Waals surface area contributed by atoms with Crippen molar-refractivity contribution in [3.8, 4) is 0 Å². The summed E-state index contributed by atoms with van der Waals surface area (Å²) in [5, 5.41) is 0. The lowest BCUT2D eigenvalue weighted by Gasteiger charge is -2.53. The summed E-state index contributed by atoms with van der Waals surface area (Å²) in [6, 6.07) is 56.5. The zero-order valence-corrected chi connectivity index (χ0v) is 60.9. The van der Waals surface area contributed by atoms with Gasteiger partial charge in [0.1, 0.15) is 36.6 Å². The molecule has 22 heteroatoms. The summed E-state index contributed by atoms with van der Waals surface area (Å²) in [7, 11) is -3.13. The number of carbonyl (C=O) groups excluding carboxylic acids is 2. The number of rotatable bonds is 28. The predicted molar refractivity (Wildman–Crippen MR) is 378 cm³/mol. The molecule has 5 aliphatic heterocycles. The molecule has 0 N–H and O–H groups in total. The monoisotopic (exact) mass is 1440 g/mol. The van der Waals surface area contributed by atoms with Gasteiger partial charge in [-0.15, -0.1) is 0 Å². The maximum absolute atomic E-state index is 14.2. The number of fused-ring (bicyclic) bond motifs is 1. The lowest BCUT2D eigenvalue weighted by atomic mass is 9.81. The molecule has 1 aliphatic carbocycles. The van der Waals surface area contributed by atoms with Gasteiger partial charge in [-0.2, -0.15) is 4.31 Å². The van der Waals surface area contributed by atoms with Crippen LogP contribution in [0.1, 0.15) is 108 Å². The summed E-state index contributed by atoms with van der Waals surface area (Å²) in [6.45, 7) is 15.9. The molecule has 6 fully saturated rings. The Labute approximate surface area is 606 Å². The molecule has 9 unspecified atom stereocenters. The van der Waals surface area contributed by atoms with Crippen LogP contribution in [0.2, 0.25) is 0 Å². The van der Waals surface area contributed by atoms with E-state index >= 15 is 0 Å². The summed E-state index contributed by atoms with van der Waals surface area (Å²) < 4.78 is 140. The van der Waals surface area contributed by atoms with Crippen molar-refractivity contribution in [2.45, 2.75) is 210 Å². The van der Waals surface area contributed by atoms with Crippen LogP contribution >= 0.6 is 0 Å². The van der Waals surface area contributed by atoms with Crippen molar-refractivity contribution < 1.29 is 93.8 Å². The number of esters is 1. The van der Waals surface area contributed by atoms with Gasteiger partial charge in [0.2, 0.25) is 0 Å². The standard InChI is InChI=1S/C81H101NO20S/c1-51-54(4)70(93-57(7)83)77(95-66(51)47-88-43-58-27-15-9-16-28-58)99-71-55(5)52(2)67(48-89-44-59-29-17-10-18-30-59)96-78(71)100-72-56(6)53(3)68(49-90-45-60-31-19-11-20-32-60)97-79(72)102-74-73-69(50-92-76(101-73)62-35-23-13-24-36-62)98-80(75(74)91-46-61-33-21-12-22-34-61)94-64-41-39-63(40-42-64)82(81(84)87-8)103(85,86)65-37-25-14-26-38-65/h9-38,51-56,63-64,66-80H,39-50H2,1-8H3/t51-,52-,53-,54?,55?,56?,63?,64?,66-,67-,68-,69?,70?,71?,72?,73+,74?,75+,76?,77+,78+,79+,80+/m0/s1. The molecular formula is C81H101NO20S. The Balaban J connectivity index is 0.895. The van der Waals surface area contributed by atoms with Crippen LogP contribution in [0.3, 0.4) is 0 Å². The van der Waals surface area contributed by atoms with Gasteiger partial charge in [-0.3, -0.25) is 4.79 Å². The molecule has 0 aromatic heterocycles. The van der Waals surface area contributed by atoms with Crippen LogP contribution < -0.4 is 0 Å². The number of carbonyl (C=O) groups is 2. The molecule has 1 saturated carbocycles. The van der Waals surface area contributed by atoms with Gasteiger partial charge in [-0.05, 0) is 89.7 Å². The highest BCUT2D eigenvalue weighted by atomic mass is 32.2. The fraction of sp³-hybridized carbons (Fsp3) is 0.531. The second kappa shape index (κ2) is 36.2. The van der Waals surface area contributed by atoms with Crippen LogP contribution in [-0.2, 0) is 117 Å². The van der Waals surface area contributed by atoms with E-state index in [4.69, 9.17) is 75.8 Å². The first-order chi connectivity index (χ1) is 50.0. The molecule has 6 aromatic carbocycles. The third kappa shape index (κ3) is 19.0. The lowest BCUT2D eigenvalue weighted by Crippen LogP contribution is -2.66. The molecule has 21 nitrogen and oxygen atoms in total. The average Bonchev–Trinajstić information content (AvgIpc) is 0.741.